The number of fused-ring (bicyclic) bond motifs is 1. The van der Waals surface area contributed by atoms with Crippen LogP contribution < -0.4 is 11.1 Å². The fourth-order valence-corrected chi connectivity index (χ4v) is 4.96. The lowest BCUT2D eigenvalue weighted by Gasteiger charge is -2.08. The number of amides is 2. The molecule has 1 heterocycles. The Morgan fingerprint density at radius 2 is 2.00 bits per heavy atom. The van der Waals surface area contributed by atoms with Crippen LogP contribution in [0.25, 0.3) is 0 Å². The van der Waals surface area contributed by atoms with Crippen molar-refractivity contribution in [1.82, 2.24) is 0 Å². The van der Waals surface area contributed by atoms with Gasteiger partial charge in [-0.25, -0.2) is 0 Å². The van der Waals surface area contributed by atoms with Crippen LogP contribution in [0.5, 0.6) is 0 Å². The highest BCUT2D eigenvalue weighted by Gasteiger charge is 2.26. The Hall–Kier alpha value is -0.680. The van der Waals surface area contributed by atoms with Crippen molar-refractivity contribution in [3.05, 3.63) is 46.9 Å². The van der Waals surface area contributed by atoms with Gasteiger partial charge in [-0.15, -0.1) is 11.3 Å². The second-order valence-electron chi connectivity index (χ2n) is 5.00. The van der Waals surface area contributed by atoms with Gasteiger partial charge < -0.3 is 11.1 Å². The lowest BCUT2D eigenvalue weighted by Crippen LogP contribution is -2.18. The molecule has 0 spiro atoms. The first-order valence-electron chi connectivity index (χ1n) is 6.68. The minimum atomic E-state index is -0.466. The van der Waals surface area contributed by atoms with Gasteiger partial charge in [-0.2, -0.15) is 0 Å². The van der Waals surface area contributed by atoms with Gasteiger partial charge in [0.25, 0.3) is 11.8 Å². The summed E-state index contributed by atoms with van der Waals surface area (Å²) in [6.07, 6.45) is 2.86. The number of halogens is 2. The normalized spacial score (nSPS) is 13.0. The van der Waals surface area contributed by atoms with E-state index in [-0.39, 0.29) is 5.91 Å². The molecule has 1 aromatic carbocycles. The van der Waals surface area contributed by atoms with Gasteiger partial charge in [0.2, 0.25) is 0 Å². The first-order chi connectivity index (χ1) is 10.5. The molecule has 3 N–H and O–H groups in total. The van der Waals surface area contributed by atoms with Gasteiger partial charge in [-0.3, -0.25) is 9.59 Å². The number of carbonyl (C=O) groups excluding carboxylic acids is 2. The van der Waals surface area contributed by atoms with Crippen molar-refractivity contribution in [3.8, 4) is 0 Å². The molecule has 0 aliphatic heterocycles. The first kappa shape index (κ1) is 16.2. The Morgan fingerprint density at radius 3 is 2.73 bits per heavy atom. The largest absolute Gasteiger partial charge is 0.365 e. The summed E-state index contributed by atoms with van der Waals surface area (Å²) in [5.41, 5.74) is 7.63. The summed E-state index contributed by atoms with van der Waals surface area (Å²) in [6.45, 7) is 0. The molecular weight excluding hydrogens is 526 g/mol. The van der Waals surface area contributed by atoms with E-state index in [0.717, 1.165) is 32.0 Å². The number of rotatable bonds is 3. The van der Waals surface area contributed by atoms with Crippen molar-refractivity contribution in [1.29, 1.82) is 0 Å². The van der Waals surface area contributed by atoms with E-state index in [4.69, 9.17) is 5.73 Å². The van der Waals surface area contributed by atoms with Crippen LogP contribution >= 0.6 is 56.5 Å². The smallest absolute Gasteiger partial charge is 0.257 e. The summed E-state index contributed by atoms with van der Waals surface area (Å²) in [5, 5.41) is 3.46. The molecule has 3 rings (SSSR count). The quantitative estimate of drug-likeness (QED) is 0.585. The van der Waals surface area contributed by atoms with E-state index >= 15 is 0 Å². The molecule has 0 saturated heterocycles. The van der Waals surface area contributed by atoms with E-state index in [1.165, 1.54) is 16.2 Å². The third-order valence-electron chi connectivity index (χ3n) is 3.57. The molecule has 0 atom stereocenters. The third kappa shape index (κ3) is 3.02. The predicted octanol–water partition coefficient (Wildman–Crippen LogP) is 3.80. The third-order valence-corrected chi connectivity index (χ3v) is 6.39. The van der Waals surface area contributed by atoms with Crippen molar-refractivity contribution < 1.29 is 9.59 Å². The van der Waals surface area contributed by atoms with Gasteiger partial charge in [0.1, 0.15) is 5.00 Å². The van der Waals surface area contributed by atoms with Crippen LogP contribution in [0, 0.1) is 7.14 Å². The zero-order valence-corrected chi connectivity index (χ0v) is 16.5. The van der Waals surface area contributed by atoms with Crippen molar-refractivity contribution >= 4 is 73.3 Å². The van der Waals surface area contributed by atoms with Gasteiger partial charge in [-0.05, 0) is 88.2 Å². The van der Waals surface area contributed by atoms with E-state index in [1.54, 1.807) is 0 Å². The fraction of sp³-hybridized carbons (Fsp3) is 0.200. The molecule has 0 bridgehead atoms. The van der Waals surface area contributed by atoms with Gasteiger partial charge in [0, 0.05) is 12.0 Å². The number of primary amides is 1. The Labute approximate surface area is 159 Å². The number of carbonyl (C=O) groups is 2. The number of thiophene rings is 1. The van der Waals surface area contributed by atoms with Crippen LogP contribution in [0.15, 0.2) is 18.2 Å². The highest BCUT2D eigenvalue weighted by molar-refractivity contribution is 14.1. The Morgan fingerprint density at radius 1 is 1.23 bits per heavy atom. The maximum absolute atomic E-state index is 12.5. The summed E-state index contributed by atoms with van der Waals surface area (Å²) < 4.78 is 1.87. The summed E-state index contributed by atoms with van der Waals surface area (Å²) in [7, 11) is 0. The maximum atomic E-state index is 12.5. The predicted molar refractivity (Wildman–Crippen MR) is 105 cm³/mol. The number of aryl methyl sites for hydroxylation is 1. The highest BCUT2D eigenvalue weighted by Crippen LogP contribution is 2.39. The molecule has 2 amide bonds. The molecule has 0 fully saturated rings. The minimum absolute atomic E-state index is 0.203. The molecule has 114 valence electrons. The number of nitrogens with two attached hydrogens (primary N) is 1. The molecule has 0 saturated carbocycles. The lowest BCUT2D eigenvalue weighted by atomic mass is 10.1. The molecule has 7 heteroatoms. The van der Waals surface area contributed by atoms with Crippen LogP contribution in [0.1, 0.15) is 37.6 Å². The number of nitrogens with one attached hydrogen (secondary N) is 1. The first-order valence-corrected chi connectivity index (χ1v) is 9.65. The molecular formula is C15H12I2N2O2S. The summed E-state index contributed by atoms with van der Waals surface area (Å²) in [6, 6.07) is 5.69. The molecule has 1 aliphatic rings. The number of benzene rings is 1. The SMILES string of the molecule is NC(=O)c1c(NC(=O)c2cc(I)ccc2I)sc2c1CCC2. The lowest BCUT2D eigenvalue weighted by molar-refractivity contribution is 0.100. The van der Waals surface area contributed by atoms with Crippen molar-refractivity contribution in [2.75, 3.05) is 5.32 Å². The summed E-state index contributed by atoms with van der Waals surface area (Å²) in [4.78, 5) is 25.4. The van der Waals surface area contributed by atoms with Crippen molar-refractivity contribution in [2.24, 2.45) is 5.73 Å². The van der Waals surface area contributed by atoms with Crippen LogP contribution in [0.3, 0.4) is 0 Å². The van der Waals surface area contributed by atoms with E-state index in [2.05, 4.69) is 50.5 Å². The molecule has 2 aromatic rings. The van der Waals surface area contributed by atoms with Crippen molar-refractivity contribution in [2.45, 2.75) is 19.3 Å². The van der Waals surface area contributed by atoms with Gasteiger partial charge in [0.15, 0.2) is 0 Å². The summed E-state index contributed by atoms with van der Waals surface area (Å²) in [5.74, 6) is -0.669. The van der Waals surface area contributed by atoms with Crippen LogP contribution in [0.2, 0.25) is 0 Å². The molecule has 1 aliphatic carbocycles. The number of hydrogen-bond donors (Lipinski definition) is 2. The molecule has 0 radical (unpaired) electrons. The van der Waals surface area contributed by atoms with Gasteiger partial charge >= 0.3 is 0 Å². The second kappa shape index (κ2) is 6.44. The van der Waals surface area contributed by atoms with Gasteiger partial charge in [-0.1, -0.05) is 0 Å². The van der Waals surface area contributed by atoms with E-state index in [9.17, 15) is 9.59 Å². The highest BCUT2D eigenvalue weighted by atomic mass is 127. The molecule has 0 unspecified atom stereocenters. The second-order valence-corrected chi connectivity index (χ2v) is 8.52. The molecule has 1 aromatic heterocycles. The monoisotopic (exact) mass is 538 g/mol. The number of anilines is 1. The number of hydrogen-bond acceptors (Lipinski definition) is 3. The van der Waals surface area contributed by atoms with E-state index in [0.29, 0.717) is 16.1 Å². The standard InChI is InChI=1S/C15H12I2N2O2S/c16-7-4-5-10(17)9(6-7)14(21)19-15-12(13(18)20)8-2-1-3-11(8)22-15/h4-6H,1-3H2,(H2,18,20)(H,19,21). The van der Waals surface area contributed by atoms with Gasteiger partial charge in [0.05, 0.1) is 11.1 Å². The molecule has 4 nitrogen and oxygen atoms in total. The van der Waals surface area contributed by atoms with Crippen LogP contribution in [-0.4, -0.2) is 11.8 Å². The average Bonchev–Trinajstić information content (AvgIpc) is 3.01. The summed E-state index contributed by atoms with van der Waals surface area (Å²) >= 11 is 5.78. The Bertz CT molecular complexity index is 786. The zero-order chi connectivity index (χ0) is 15.9. The Kier molecular flexibility index (Phi) is 4.74. The maximum Gasteiger partial charge on any atom is 0.257 e. The minimum Gasteiger partial charge on any atom is -0.365 e. The van der Waals surface area contributed by atoms with Crippen LogP contribution in [-0.2, 0) is 12.8 Å². The van der Waals surface area contributed by atoms with Crippen LogP contribution in [0.4, 0.5) is 5.00 Å². The molecule has 22 heavy (non-hydrogen) atoms. The van der Waals surface area contributed by atoms with Crippen molar-refractivity contribution in [3.63, 3.8) is 0 Å². The average molecular weight is 538 g/mol. The Balaban J connectivity index is 1.95. The topological polar surface area (TPSA) is 72.2 Å². The fourth-order valence-electron chi connectivity index (χ4n) is 2.59. The van der Waals surface area contributed by atoms with E-state index in [1.807, 2.05) is 18.2 Å². The zero-order valence-electron chi connectivity index (χ0n) is 11.4. The van der Waals surface area contributed by atoms with E-state index < -0.39 is 5.91 Å².